The van der Waals surface area contributed by atoms with Crippen LogP contribution >= 0.6 is 0 Å². The van der Waals surface area contributed by atoms with Gasteiger partial charge >= 0.3 is 0 Å². The van der Waals surface area contributed by atoms with Gasteiger partial charge in [-0.15, -0.1) is 0 Å². The number of fused-ring (bicyclic) bond motifs is 1. The molecule has 13 heavy (non-hydrogen) atoms. The minimum atomic E-state index is 0.631. The van der Waals surface area contributed by atoms with Crippen LogP contribution in [-0.4, -0.2) is 12.2 Å². The van der Waals surface area contributed by atoms with Crippen molar-refractivity contribution in [3.63, 3.8) is 0 Å². The fraction of sp³-hybridized carbons (Fsp3) is 1.00. The van der Waals surface area contributed by atoms with Crippen LogP contribution in [0.4, 0.5) is 0 Å². The van der Waals surface area contributed by atoms with Gasteiger partial charge < -0.3 is 4.74 Å². The third kappa shape index (κ3) is 1.09. The molecule has 5 atom stereocenters. The van der Waals surface area contributed by atoms with Crippen LogP contribution in [-0.2, 0) is 4.74 Å². The SMILES string of the molecule is CC(C)C1C[C@H]2CC[C@H]3OC1C[C@@H]23. The Kier molecular flexibility index (Phi) is 1.74. The van der Waals surface area contributed by atoms with E-state index in [9.17, 15) is 0 Å². The topological polar surface area (TPSA) is 9.23 Å². The van der Waals surface area contributed by atoms with Crippen molar-refractivity contribution in [1.82, 2.24) is 0 Å². The first kappa shape index (κ1) is 8.28. The average Bonchev–Trinajstić information content (AvgIpc) is 2.55. The molecule has 3 fully saturated rings. The Labute approximate surface area is 80.8 Å². The second-order valence-corrected chi connectivity index (χ2v) is 5.59. The van der Waals surface area contributed by atoms with Crippen molar-refractivity contribution in [1.29, 1.82) is 0 Å². The number of rotatable bonds is 1. The van der Waals surface area contributed by atoms with E-state index in [-0.39, 0.29) is 0 Å². The molecule has 0 aromatic heterocycles. The van der Waals surface area contributed by atoms with Crippen LogP contribution in [0.1, 0.15) is 39.5 Å². The van der Waals surface area contributed by atoms with Gasteiger partial charge in [0.2, 0.25) is 0 Å². The Morgan fingerprint density at radius 2 is 1.92 bits per heavy atom. The molecule has 0 aromatic rings. The number of ether oxygens (including phenoxy) is 1. The fourth-order valence-corrected chi connectivity index (χ4v) is 3.94. The highest BCUT2D eigenvalue weighted by atomic mass is 16.5. The molecule has 0 amide bonds. The maximum atomic E-state index is 6.15. The molecule has 0 aromatic carbocycles. The van der Waals surface area contributed by atoms with E-state index in [0.717, 1.165) is 23.7 Å². The van der Waals surface area contributed by atoms with Crippen molar-refractivity contribution >= 4 is 0 Å². The van der Waals surface area contributed by atoms with Crippen LogP contribution in [0.2, 0.25) is 0 Å². The van der Waals surface area contributed by atoms with E-state index in [0.29, 0.717) is 12.2 Å². The first-order valence-corrected chi connectivity index (χ1v) is 5.91. The van der Waals surface area contributed by atoms with Crippen LogP contribution in [0.3, 0.4) is 0 Å². The molecule has 0 N–H and O–H groups in total. The van der Waals surface area contributed by atoms with Gasteiger partial charge in [-0.2, -0.15) is 0 Å². The summed E-state index contributed by atoms with van der Waals surface area (Å²) >= 11 is 0. The highest BCUT2D eigenvalue weighted by Crippen LogP contribution is 2.53. The van der Waals surface area contributed by atoms with Crippen molar-refractivity contribution in [3.8, 4) is 0 Å². The molecule has 1 nitrogen and oxygen atoms in total. The fourth-order valence-electron chi connectivity index (χ4n) is 3.94. The second-order valence-electron chi connectivity index (χ2n) is 5.59. The van der Waals surface area contributed by atoms with E-state index < -0.39 is 0 Å². The molecule has 0 spiro atoms. The van der Waals surface area contributed by atoms with Crippen LogP contribution in [0.25, 0.3) is 0 Å². The molecule has 3 rings (SSSR count). The first-order chi connectivity index (χ1) is 6.25. The van der Waals surface area contributed by atoms with Crippen LogP contribution in [0, 0.1) is 23.7 Å². The quantitative estimate of drug-likeness (QED) is 0.603. The highest BCUT2D eigenvalue weighted by molar-refractivity contribution is 5.00. The Morgan fingerprint density at radius 1 is 1.08 bits per heavy atom. The van der Waals surface area contributed by atoms with E-state index in [2.05, 4.69) is 13.8 Å². The molecule has 2 saturated carbocycles. The Morgan fingerprint density at radius 3 is 2.69 bits per heavy atom. The van der Waals surface area contributed by atoms with Gasteiger partial charge in [-0.1, -0.05) is 13.8 Å². The minimum Gasteiger partial charge on any atom is -0.374 e. The number of hydrogen-bond acceptors (Lipinski definition) is 1. The lowest BCUT2D eigenvalue weighted by Crippen LogP contribution is -2.32. The molecule has 2 aliphatic carbocycles. The largest absolute Gasteiger partial charge is 0.374 e. The van der Waals surface area contributed by atoms with Crippen molar-refractivity contribution in [2.24, 2.45) is 23.7 Å². The Bertz CT molecular complexity index is 209. The maximum Gasteiger partial charge on any atom is 0.0613 e. The van der Waals surface area contributed by atoms with E-state index in [1.54, 1.807) is 0 Å². The van der Waals surface area contributed by atoms with Crippen molar-refractivity contribution in [2.45, 2.75) is 51.7 Å². The Balaban J connectivity index is 1.84. The van der Waals surface area contributed by atoms with Gasteiger partial charge in [-0.25, -0.2) is 0 Å². The normalized spacial score (nSPS) is 53.3. The molecule has 1 aliphatic heterocycles. The van der Waals surface area contributed by atoms with Crippen molar-refractivity contribution in [3.05, 3.63) is 0 Å². The second kappa shape index (κ2) is 2.73. The Hall–Kier alpha value is -0.0400. The summed E-state index contributed by atoms with van der Waals surface area (Å²) < 4.78 is 6.15. The van der Waals surface area contributed by atoms with Gasteiger partial charge in [-0.3, -0.25) is 0 Å². The molecular weight excluding hydrogens is 160 g/mol. The molecule has 2 unspecified atom stereocenters. The summed E-state index contributed by atoms with van der Waals surface area (Å²) in [4.78, 5) is 0. The van der Waals surface area contributed by atoms with E-state index in [1.165, 1.54) is 25.7 Å². The van der Waals surface area contributed by atoms with Crippen LogP contribution in [0.15, 0.2) is 0 Å². The smallest absolute Gasteiger partial charge is 0.0613 e. The zero-order chi connectivity index (χ0) is 9.00. The monoisotopic (exact) mass is 180 g/mol. The minimum absolute atomic E-state index is 0.631. The first-order valence-electron chi connectivity index (χ1n) is 5.91. The van der Waals surface area contributed by atoms with Gasteiger partial charge in [-0.05, 0) is 49.4 Å². The predicted octanol–water partition coefficient (Wildman–Crippen LogP) is 2.85. The molecule has 0 radical (unpaired) electrons. The third-order valence-corrected chi connectivity index (χ3v) is 4.67. The molecule has 1 heterocycles. The molecule has 3 aliphatic rings. The van der Waals surface area contributed by atoms with Gasteiger partial charge in [0.1, 0.15) is 0 Å². The lowest BCUT2D eigenvalue weighted by Gasteiger charge is -2.34. The zero-order valence-corrected chi connectivity index (χ0v) is 8.70. The summed E-state index contributed by atoms with van der Waals surface area (Å²) in [5.74, 6) is 3.67. The zero-order valence-electron chi connectivity index (χ0n) is 8.70. The summed E-state index contributed by atoms with van der Waals surface area (Å²) in [6.07, 6.45) is 6.95. The summed E-state index contributed by atoms with van der Waals surface area (Å²) in [6.45, 7) is 4.72. The maximum absolute atomic E-state index is 6.15. The van der Waals surface area contributed by atoms with Gasteiger partial charge in [0, 0.05) is 0 Å². The van der Waals surface area contributed by atoms with Crippen molar-refractivity contribution < 1.29 is 4.74 Å². The molecule has 2 bridgehead atoms. The predicted molar refractivity (Wildman–Crippen MR) is 52.4 cm³/mol. The molecule has 1 saturated heterocycles. The van der Waals surface area contributed by atoms with E-state index in [1.807, 2.05) is 0 Å². The molecular formula is C12H20O. The highest BCUT2D eigenvalue weighted by Gasteiger charge is 2.51. The van der Waals surface area contributed by atoms with Gasteiger partial charge in [0.05, 0.1) is 12.2 Å². The number of hydrogen-bond donors (Lipinski definition) is 0. The summed E-state index contributed by atoms with van der Waals surface area (Å²) in [7, 11) is 0. The van der Waals surface area contributed by atoms with Gasteiger partial charge in [0.15, 0.2) is 0 Å². The molecule has 74 valence electrons. The van der Waals surface area contributed by atoms with Gasteiger partial charge in [0.25, 0.3) is 0 Å². The lowest BCUT2D eigenvalue weighted by molar-refractivity contribution is -0.00821. The van der Waals surface area contributed by atoms with Crippen molar-refractivity contribution in [2.75, 3.05) is 0 Å². The summed E-state index contributed by atoms with van der Waals surface area (Å²) in [6, 6.07) is 0. The average molecular weight is 180 g/mol. The molecule has 1 heteroatoms. The summed E-state index contributed by atoms with van der Waals surface area (Å²) in [5.41, 5.74) is 0. The van der Waals surface area contributed by atoms with E-state index >= 15 is 0 Å². The van der Waals surface area contributed by atoms with E-state index in [4.69, 9.17) is 4.74 Å². The third-order valence-electron chi connectivity index (χ3n) is 4.67. The standard InChI is InChI=1S/C12H20O/c1-7(2)9-5-8-3-4-11-10(8)6-12(9)13-11/h7-12H,3-6H2,1-2H3/t8-,9?,10+,11-,12?/m1/s1. The van der Waals surface area contributed by atoms with Crippen LogP contribution in [0.5, 0.6) is 0 Å². The summed E-state index contributed by atoms with van der Waals surface area (Å²) in [5, 5.41) is 0. The lowest BCUT2D eigenvalue weighted by atomic mass is 9.71. The van der Waals surface area contributed by atoms with Crippen LogP contribution < -0.4 is 0 Å².